The van der Waals surface area contributed by atoms with Gasteiger partial charge in [0.15, 0.2) is 11.9 Å². The number of rotatable bonds is 5. The van der Waals surface area contributed by atoms with Crippen LogP contribution in [0.4, 0.5) is 5.82 Å². The molecular formula is C18H19N3O4. The van der Waals surface area contributed by atoms with Crippen LogP contribution in [-0.2, 0) is 9.53 Å². The molecular weight excluding hydrogens is 322 g/mol. The Balaban J connectivity index is 1.77. The van der Waals surface area contributed by atoms with Crippen molar-refractivity contribution in [2.75, 3.05) is 5.32 Å². The smallest absolute Gasteiger partial charge is 0.341 e. The van der Waals surface area contributed by atoms with E-state index >= 15 is 0 Å². The molecule has 0 spiro atoms. The van der Waals surface area contributed by atoms with Crippen LogP contribution >= 0.6 is 0 Å². The largest absolute Gasteiger partial charge is 0.449 e. The zero-order chi connectivity index (χ0) is 18.0. The summed E-state index contributed by atoms with van der Waals surface area (Å²) >= 11 is 0. The lowest BCUT2D eigenvalue weighted by atomic mass is 10.1. The molecule has 0 saturated heterocycles. The number of H-pyrrole nitrogens is 1. The van der Waals surface area contributed by atoms with E-state index in [-0.39, 0.29) is 0 Å². The Morgan fingerprint density at radius 1 is 1.32 bits per heavy atom. The second-order valence-corrected chi connectivity index (χ2v) is 5.78. The quantitative estimate of drug-likeness (QED) is 0.694. The molecule has 0 radical (unpaired) electrons. The highest BCUT2D eigenvalue weighted by Gasteiger charge is 2.25. The fourth-order valence-electron chi connectivity index (χ4n) is 2.68. The third-order valence-corrected chi connectivity index (χ3v) is 3.89. The minimum atomic E-state index is -0.919. The topological polar surface area (TPSA) is 97.2 Å². The summed E-state index contributed by atoms with van der Waals surface area (Å²) in [5.41, 5.74) is 2.00. The lowest BCUT2D eigenvalue weighted by Crippen LogP contribution is -2.32. The Labute approximate surface area is 144 Å². The number of esters is 1. The standard InChI is InChI=1S/C18H19N3O4/c1-4-14(17(22)20-15-9-10(2)25-21-15)24-18(23)16-11(3)19-13-8-6-5-7-12(13)16/h5-9,14,19H,4H2,1-3H3,(H,20,21,22)/t14-/m1/s1. The van der Waals surface area contributed by atoms with Crippen LogP contribution in [0.25, 0.3) is 10.9 Å². The average Bonchev–Trinajstić information content (AvgIpc) is 3.14. The number of nitrogens with one attached hydrogen (secondary N) is 2. The van der Waals surface area contributed by atoms with Crippen molar-refractivity contribution >= 4 is 28.6 Å². The van der Waals surface area contributed by atoms with Gasteiger partial charge in [-0.05, 0) is 26.3 Å². The Morgan fingerprint density at radius 3 is 2.76 bits per heavy atom. The van der Waals surface area contributed by atoms with E-state index in [9.17, 15) is 9.59 Å². The molecule has 0 aliphatic carbocycles. The van der Waals surface area contributed by atoms with Crippen LogP contribution in [0.3, 0.4) is 0 Å². The molecule has 1 atom stereocenters. The van der Waals surface area contributed by atoms with Crippen LogP contribution in [0.15, 0.2) is 34.9 Å². The molecule has 2 heterocycles. The molecule has 0 fully saturated rings. The van der Waals surface area contributed by atoms with Crippen molar-refractivity contribution in [3.05, 3.63) is 47.3 Å². The summed E-state index contributed by atoms with van der Waals surface area (Å²) < 4.78 is 10.4. The molecule has 0 unspecified atom stereocenters. The number of anilines is 1. The normalized spacial score (nSPS) is 12.1. The van der Waals surface area contributed by atoms with Crippen molar-refractivity contribution in [3.63, 3.8) is 0 Å². The van der Waals surface area contributed by atoms with Crippen LogP contribution in [0.5, 0.6) is 0 Å². The van der Waals surface area contributed by atoms with Gasteiger partial charge in [-0.15, -0.1) is 0 Å². The van der Waals surface area contributed by atoms with Gasteiger partial charge in [-0.1, -0.05) is 30.3 Å². The molecule has 0 bridgehead atoms. The van der Waals surface area contributed by atoms with Gasteiger partial charge in [0.1, 0.15) is 5.76 Å². The third kappa shape index (κ3) is 3.40. The molecule has 2 aromatic heterocycles. The van der Waals surface area contributed by atoms with Crippen LogP contribution in [0.1, 0.15) is 35.2 Å². The molecule has 25 heavy (non-hydrogen) atoms. The van der Waals surface area contributed by atoms with E-state index in [4.69, 9.17) is 9.26 Å². The third-order valence-electron chi connectivity index (χ3n) is 3.89. The van der Waals surface area contributed by atoms with Gasteiger partial charge in [0.2, 0.25) is 0 Å². The Hall–Kier alpha value is -3.09. The number of aromatic amines is 1. The Bertz CT molecular complexity index is 925. The van der Waals surface area contributed by atoms with E-state index in [1.807, 2.05) is 24.3 Å². The number of nitrogens with zero attached hydrogens (tertiary/aromatic N) is 1. The summed E-state index contributed by atoms with van der Waals surface area (Å²) in [5.74, 6) is -0.107. The van der Waals surface area contributed by atoms with Crippen molar-refractivity contribution in [2.45, 2.75) is 33.3 Å². The second kappa shape index (κ2) is 6.80. The van der Waals surface area contributed by atoms with E-state index in [1.165, 1.54) is 0 Å². The Morgan fingerprint density at radius 2 is 2.08 bits per heavy atom. The predicted molar refractivity (Wildman–Crippen MR) is 92.4 cm³/mol. The van der Waals surface area contributed by atoms with Crippen molar-refractivity contribution in [1.82, 2.24) is 10.1 Å². The number of carbonyl (C=O) groups is 2. The summed E-state index contributed by atoms with van der Waals surface area (Å²) in [5, 5.41) is 7.06. The number of aromatic nitrogens is 2. The molecule has 1 aromatic carbocycles. The van der Waals surface area contributed by atoms with Crippen molar-refractivity contribution < 1.29 is 18.8 Å². The van der Waals surface area contributed by atoms with Gasteiger partial charge in [0.25, 0.3) is 5.91 Å². The minimum absolute atomic E-state index is 0.292. The minimum Gasteiger partial charge on any atom is -0.449 e. The first-order valence-electron chi connectivity index (χ1n) is 8.02. The number of carbonyl (C=O) groups excluding carboxylic acids is 2. The molecule has 130 valence electrons. The van der Waals surface area contributed by atoms with Gasteiger partial charge >= 0.3 is 5.97 Å². The number of ether oxygens (including phenoxy) is 1. The summed E-state index contributed by atoms with van der Waals surface area (Å²) in [6.07, 6.45) is -0.576. The molecule has 0 saturated carbocycles. The zero-order valence-electron chi connectivity index (χ0n) is 14.3. The van der Waals surface area contributed by atoms with Crippen LogP contribution in [0.2, 0.25) is 0 Å². The lowest BCUT2D eigenvalue weighted by molar-refractivity contribution is -0.124. The van der Waals surface area contributed by atoms with Crippen molar-refractivity contribution in [1.29, 1.82) is 0 Å². The van der Waals surface area contributed by atoms with Gasteiger partial charge in [0, 0.05) is 22.7 Å². The van der Waals surface area contributed by atoms with Crippen LogP contribution in [-0.4, -0.2) is 28.1 Å². The fraction of sp³-hybridized carbons (Fsp3) is 0.278. The maximum Gasteiger partial charge on any atom is 0.341 e. The summed E-state index contributed by atoms with van der Waals surface area (Å²) in [7, 11) is 0. The molecule has 0 aliphatic heterocycles. The van der Waals surface area contributed by atoms with Gasteiger partial charge < -0.3 is 19.6 Å². The highest BCUT2D eigenvalue weighted by molar-refractivity contribution is 6.06. The number of fused-ring (bicyclic) bond motifs is 1. The number of aryl methyl sites for hydroxylation is 2. The number of hydrogen-bond acceptors (Lipinski definition) is 5. The number of benzene rings is 1. The molecule has 2 N–H and O–H groups in total. The van der Waals surface area contributed by atoms with Crippen molar-refractivity contribution in [2.24, 2.45) is 0 Å². The maximum atomic E-state index is 12.6. The highest BCUT2D eigenvalue weighted by atomic mass is 16.5. The average molecular weight is 341 g/mol. The van der Waals surface area contributed by atoms with E-state index in [1.54, 1.807) is 26.8 Å². The first kappa shape index (κ1) is 16.8. The Kier molecular flexibility index (Phi) is 4.56. The molecule has 0 aliphatic rings. The van der Waals surface area contributed by atoms with E-state index < -0.39 is 18.0 Å². The van der Waals surface area contributed by atoms with E-state index in [2.05, 4.69) is 15.5 Å². The van der Waals surface area contributed by atoms with Crippen LogP contribution in [0, 0.1) is 13.8 Å². The first-order valence-corrected chi connectivity index (χ1v) is 8.02. The van der Waals surface area contributed by atoms with Gasteiger partial charge in [-0.25, -0.2) is 4.79 Å². The fourth-order valence-corrected chi connectivity index (χ4v) is 2.68. The van der Waals surface area contributed by atoms with E-state index in [0.29, 0.717) is 29.3 Å². The monoisotopic (exact) mass is 341 g/mol. The molecule has 7 nitrogen and oxygen atoms in total. The number of para-hydroxylation sites is 1. The van der Waals surface area contributed by atoms with Gasteiger partial charge in [0.05, 0.1) is 5.56 Å². The first-order chi connectivity index (χ1) is 12.0. The van der Waals surface area contributed by atoms with Crippen LogP contribution < -0.4 is 5.32 Å². The molecule has 3 aromatic rings. The summed E-state index contributed by atoms with van der Waals surface area (Å²) in [6, 6.07) is 9.06. The lowest BCUT2D eigenvalue weighted by Gasteiger charge is -2.15. The number of amides is 1. The highest BCUT2D eigenvalue weighted by Crippen LogP contribution is 2.23. The zero-order valence-corrected chi connectivity index (χ0v) is 14.3. The molecule has 3 rings (SSSR count). The maximum absolute atomic E-state index is 12.6. The predicted octanol–water partition coefficient (Wildman–Crippen LogP) is 3.35. The number of hydrogen-bond donors (Lipinski definition) is 2. The summed E-state index contributed by atoms with van der Waals surface area (Å²) in [6.45, 7) is 5.29. The molecule has 1 amide bonds. The SMILES string of the molecule is CC[C@@H](OC(=O)c1c(C)[nH]c2ccccc12)C(=O)Nc1cc(C)on1. The molecule has 7 heteroatoms. The van der Waals surface area contributed by atoms with E-state index in [0.717, 1.165) is 10.9 Å². The van der Waals surface area contributed by atoms with Gasteiger partial charge in [-0.3, -0.25) is 4.79 Å². The second-order valence-electron chi connectivity index (χ2n) is 5.78. The summed E-state index contributed by atoms with van der Waals surface area (Å²) in [4.78, 5) is 28.1. The van der Waals surface area contributed by atoms with Crippen molar-refractivity contribution in [3.8, 4) is 0 Å². The van der Waals surface area contributed by atoms with Gasteiger partial charge in [-0.2, -0.15) is 0 Å².